The molecule has 0 atom stereocenters. The molecule has 1 rings (SSSR count). The number of benzene rings is 1. The Morgan fingerprint density at radius 1 is 1.33 bits per heavy atom. The number of ether oxygens (including phenoxy) is 1. The van der Waals surface area contributed by atoms with Crippen LogP contribution in [0.3, 0.4) is 0 Å². The van der Waals surface area contributed by atoms with Gasteiger partial charge in [-0.2, -0.15) is 0 Å². The van der Waals surface area contributed by atoms with Gasteiger partial charge in [-0.3, -0.25) is 4.79 Å². The third-order valence-electron chi connectivity index (χ3n) is 2.05. The first kappa shape index (κ1) is 14.7. The lowest BCUT2D eigenvalue weighted by Crippen LogP contribution is -2.17. The summed E-state index contributed by atoms with van der Waals surface area (Å²) in [5.74, 6) is -1.86. The highest BCUT2D eigenvalue weighted by molar-refractivity contribution is 7.90. The fourth-order valence-corrected chi connectivity index (χ4v) is 2.59. The van der Waals surface area contributed by atoms with Crippen LogP contribution in [0.5, 0.6) is 0 Å². The van der Waals surface area contributed by atoms with Crippen molar-refractivity contribution in [3.05, 3.63) is 28.8 Å². The summed E-state index contributed by atoms with van der Waals surface area (Å²) in [5.41, 5.74) is -0.00847. The van der Waals surface area contributed by atoms with Gasteiger partial charge in [0.05, 0.1) is 16.5 Å². The maximum absolute atomic E-state index is 11.6. The highest BCUT2D eigenvalue weighted by atomic mass is 35.5. The van der Waals surface area contributed by atoms with Crippen molar-refractivity contribution in [3.8, 4) is 0 Å². The van der Waals surface area contributed by atoms with E-state index in [4.69, 9.17) is 11.6 Å². The molecule has 0 N–H and O–H groups in total. The number of rotatable bonds is 4. The Morgan fingerprint density at radius 3 is 2.39 bits per heavy atom. The van der Waals surface area contributed by atoms with Crippen LogP contribution in [0.2, 0.25) is 5.02 Å². The molecule has 18 heavy (non-hydrogen) atoms. The summed E-state index contributed by atoms with van der Waals surface area (Å²) < 4.78 is 27.2. The van der Waals surface area contributed by atoms with Crippen LogP contribution in [-0.4, -0.2) is 33.0 Å². The van der Waals surface area contributed by atoms with E-state index in [-0.39, 0.29) is 22.1 Å². The molecule has 0 heterocycles. The number of carbonyl (C=O) groups excluding carboxylic acids is 2. The Kier molecular flexibility index (Phi) is 4.48. The first-order valence-electron chi connectivity index (χ1n) is 4.98. The van der Waals surface area contributed by atoms with Crippen LogP contribution in [-0.2, 0) is 19.4 Å². The van der Waals surface area contributed by atoms with Crippen LogP contribution in [0.25, 0.3) is 0 Å². The van der Waals surface area contributed by atoms with E-state index in [0.717, 1.165) is 12.3 Å². The molecule has 0 fully saturated rings. The average molecular weight is 291 g/mol. The topological polar surface area (TPSA) is 77.5 Å². The first-order chi connectivity index (χ1) is 8.27. The summed E-state index contributed by atoms with van der Waals surface area (Å²) in [5, 5.41) is -0.104. The van der Waals surface area contributed by atoms with Gasteiger partial charge in [0.2, 0.25) is 0 Å². The number of carbonyl (C=O) groups is 2. The Balaban J connectivity index is 3.13. The lowest BCUT2D eigenvalue weighted by atomic mass is 10.1. The number of hydrogen-bond donors (Lipinski definition) is 0. The zero-order valence-electron chi connectivity index (χ0n) is 9.77. The van der Waals surface area contributed by atoms with E-state index < -0.39 is 21.6 Å². The maximum Gasteiger partial charge on any atom is 0.379 e. The summed E-state index contributed by atoms with van der Waals surface area (Å²) in [6, 6.07) is 3.54. The highest BCUT2D eigenvalue weighted by Crippen LogP contribution is 2.22. The summed E-state index contributed by atoms with van der Waals surface area (Å²) in [6.07, 6.45) is 1.00. The van der Waals surface area contributed by atoms with E-state index in [2.05, 4.69) is 4.74 Å². The summed E-state index contributed by atoms with van der Waals surface area (Å²) in [4.78, 5) is 22.7. The molecule has 98 valence electrons. The van der Waals surface area contributed by atoms with Crippen molar-refractivity contribution in [2.45, 2.75) is 11.8 Å². The minimum atomic E-state index is -3.47. The van der Waals surface area contributed by atoms with Crippen molar-refractivity contribution >= 4 is 33.2 Å². The van der Waals surface area contributed by atoms with E-state index in [1.807, 2.05) is 0 Å². The van der Waals surface area contributed by atoms with Gasteiger partial charge < -0.3 is 4.74 Å². The lowest BCUT2D eigenvalue weighted by Gasteiger charge is -2.04. The van der Waals surface area contributed by atoms with Gasteiger partial charge in [0, 0.05) is 11.8 Å². The number of hydrogen-bond acceptors (Lipinski definition) is 5. The van der Waals surface area contributed by atoms with Gasteiger partial charge in [-0.15, -0.1) is 0 Å². The minimum Gasteiger partial charge on any atom is -0.460 e. The van der Waals surface area contributed by atoms with E-state index >= 15 is 0 Å². The molecule has 1 aromatic carbocycles. The molecule has 7 heteroatoms. The fraction of sp³-hybridized carbons (Fsp3) is 0.273. The minimum absolute atomic E-state index is 0.00847. The zero-order valence-corrected chi connectivity index (χ0v) is 11.3. The number of ketones is 1. The lowest BCUT2D eigenvalue weighted by molar-refractivity contribution is -0.137. The Bertz CT molecular complexity index is 591. The molecule has 0 amide bonds. The summed E-state index contributed by atoms with van der Waals surface area (Å²) in [7, 11) is -3.47. The smallest absolute Gasteiger partial charge is 0.379 e. The summed E-state index contributed by atoms with van der Waals surface area (Å²) >= 11 is 5.76. The second-order valence-electron chi connectivity index (χ2n) is 3.47. The number of esters is 1. The van der Waals surface area contributed by atoms with Crippen molar-refractivity contribution < 1.29 is 22.7 Å². The molecular formula is C11H11ClO5S. The second-order valence-corrected chi connectivity index (χ2v) is 5.86. The average Bonchev–Trinajstić information content (AvgIpc) is 2.26. The Hall–Kier alpha value is -1.40. The van der Waals surface area contributed by atoms with Gasteiger partial charge in [0.1, 0.15) is 0 Å². The van der Waals surface area contributed by atoms with E-state index in [1.54, 1.807) is 6.92 Å². The molecule has 5 nitrogen and oxygen atoms in total. The SMILES string of the molecule is CCOC(=O)C(=O)c1ccc(S(C)(=O)=O)c(Cl)c1. The Labute approximate surface area is 110 Å². The molecule has 0 aromatic heterocycles. The first-order valence-corrected chi connectivity index (χ1v) is 7.25. The monoisotopic (exact) mass is 290 g/mol. The third kappa shape index (κ3) is 3.30. The normalized spacial score (nSPS) is 11.1. The molecule has 0 radical (unpaired) electrons. The van der Waals surface area contributed by atoms with E-state index in [0.29, 0.717) is 0 Å². The highest BCUT2D eigenvalue weighted by Gasteiger charge is 2.20. The van der Waals surface area contributed by atoms with Crippen LogP contribution in [0.1, 0.15) is 17.3 Å². The van der Waals surface area contributed by atoms with E-state index in [1.165, 1.54) is 12.1 Å². The Morgan fingerprint density at radius 2 is 1.94 bits per heavy atom. The largest absolute Gasteiger partial charge is 0.460 e. The van der Waals surface area contributed by atoms with Crippen molar-refractivity contribution in [3.63, 3.8) is 0 Å². The van der Waals surface area contributed by atoms with Gasteiger partial charge in [0.25, 0.3) is 5.78 Å². The van der Waals surface area contributed by atoms with Gasteiger partial charge in [-0.05, 0) is 25.1 Å². The van der Waals surface area contributed by atoms with Crippen LogP contribution in [0.15, 0.2) is 23.1 Å². The van der Waals surface area contributed by atoms with Gasteiger partial charge >= 0.3 is 5.97 Å². The number of halogens is 1. The van der Waals surface area contributed by atoms with E-state index in [9.17, 15) is 18.0 Å². The zero-order chi connectivity index (χ0) is 13.9. The molecule has 0 aliphatic rings. The van der Waals surface area contributed by atoms with Crippen molar-refractivity contribution in [1.82, 2.24) is 0 Å². The van der Waals surface area contributed by atoms with Crippen molar-refractivity contribution in [2.75, 3.05) is 12.9 Å². The molecular weight excluding hydrogens is 280 g/mol. The molecule has 0 unspecified atom stereocenters. The predicted molar refractivity (Wildman–Crippen MR) is 65.5 cm³/mol. The van der Waals surface area contributed by atoms with Crippen molar-refractivity contribution in [2.24, 2.45) is 0 Å². The van der Waals surface area contributed by atoms with Gasteiger partial charge in [-0.1, -0.05) is 11.6 Å². The molecule has 0 spiro atoms. The van der Waals surface area contributed by atoms with Gasteiger partial charge in [0.15, 0.2) is 9.84 Å². The fourth-order valence-electron chi connectivity index (χ4n) is 1.26. The molecule has 1 aromatic rings. The molecule has 0 aliphatic heterocycles. The molecule has 0 saturated carbocycles. The molecule has 0 bridgehead atoms. The van der Waals surface area contributed by atoms with Crippen LogP contribution in [0, 0.1) is 0 Å². The predicted octanol–water partition coefficient (Wildman–Crippen LogP) is 1.49. The van der Waals surface area contributed by atoms with Gasteiger partial charge in [-0.25, -0.2) is 13.2 Å². The number of sulfone groups is 1. The summed E-state index contributed by atoms with van der Waals surface area (Å²) in [6.45, 7) is 1.66. The number of Topliss-reactive ketones (excluding diaryl/α,β-unsaturated/α-hetero) is 1. The van der Waals surface area contributed by atoms with Crippen LogP contribution < -0.4 is 0 Å². The van der Waals surface area contributed by atoms with Crippen LogP contribution >= 0.6 is 11.6 Å². The molecule has 0 aliphatic carbocycles. The van der Waals surface area contributed by atoms with Crippen molar-refractivity contribution in [1.29, 1.82) is 0 Å². The molecule has 0 saturated heterocycles. The standard InChI is InChI=1S/C11H11ClO5S/c1-3-17-11(14)10(13)7-4-5-9(8(12)6-7)18(2,15)16/h4-6H,3H2,1-2H3. The third-order valence-corrected chi connectivity index (χ3v) is 3.63. The quantitative estimate of drug-likeness (QED) is 0.477. The maximum atomic E-state index is 11.6. The second kappa shape index (κ2) is 5.49. The van der Waals surface area contributed by atoms with Crippen LogP contribution in [0.4, 0.5) is 0 Å².